The summed E-state index contributed by atoms with van der Waals surface area (Å²) in [5.41, 5.74) is 2.33. The summed E-state index contributed by atoms with van der Waals surface area (Å²) < 4.78 is 11.9. The molecule has 0 amide bonds. The first kappa shape index (κ1) is 14.6. The molecular formula is C14H21BrN2O2. The highest BCUT2D eigenvalue weighted by molar-refractivity contribution is 9.10. The molecule has 1 aromatic rings. The normalized spacial score (nSPS) is 16.4. The van der Waals surface area contributed by atoms with E-state index in [-0.39, 0.29) is 0 Å². The van der Waals surface area contributed by atoms with Crippen LogP contribution in [0, 0.1) is 6.92 Å². The van der Waals surface area contributed by atoms with Gasteiger partial charge in [0.2, 0.25) is 0 Å². The van der Waals surface area contributed by atoms with E-state index in [0.29, 0.717) is 0 Å². The summed E-state index contributed by atoms with van der Waals surface area (Å²) in [7, 11) is 3.39. The lowest BCUT2D eigenvalue weighted by atomic mass is 10.1. The molecule has 1 saturated heterocycles. The number of hydrogen-bond acceptors (Lipinski definition) is 4. The Bertz CT molecular complexity index is 446. The number of halogens is 1. The van der Waals surface area contributed by atoms with Gasteiger partial charge in [0.1, 0.15) is 16.0 Å². The van der Waals surface area contributed by atoms with Crippen LogP contribution in [0.25, 0.3) is 0 Å². The Morgan fingerprint density at radius 1 is 1.21 bits per heavy atom. The highest BCUT2D eigenvalue weighted by Gasteiger charge is 2.18. The molecular weight excluding hydrogens is 308 g/mol. The average molecular weight is 329 g/mol. The second-order valence-corrected chi connectivity index (χ2v) is 5.55. The number of aryl methyl sites for hydroxylation is 1. The Kier molecular flexibility index (Phi) is 5.07. The van der Waals surface area contributed by atoms with E-state index in [2.05, 4.69) is 39.1 Å². The summed E-state index contributed by atoms with van der Waals surface area (Å²) >= 11 is 3.59. The number of piperazine rings is 1. The van der Waals surface area contributed by atoms with Gasteiger partial charge in [-0.15, -0.1) is 0 Å². The van der Waals surface area contributed by atoms with Crippen molar-refractivity contribution in [3.8, 4) is 11.5 Å². The predicted octanol–water partition coefficient (Wildman–Crippen LogP) is 2.18. The summed E-state index contributed by atoms with van der Waals surface area (Å²) in [5, 5.41) is 3.37. The molecule has 1 aliphatic heterocycles. The van der Waals surface area contributed by atoms with Crippen LogP contribution in [0.3, 0.4) is 0 Å². The SMILES string of the molecule is COc1c(C)cc(CN2CCNCC2)c(OC)c1Br. The van der Waals surface area contributed by atoms with E-state index in [4.69, 9.17) is 9.47 Å². The van der Waals surface area contributed by atoms with Gasteiger partial charge >= 0.3 is 0 Å². The Labute approximate surface area is 123 Å². The zero-order valence-electron chi connectivity index (χ0n) is 11.8. The van der Waals surface area contributed by atoms with Gasteiger partial charge in [-0.25, -0.2) is 0 Å². The van der Waals surface area contributed by atoms with Crippen LogP contribution >= 0.6 is 15.9 Å². The molecule has 0 spiro atoms. The Hall–Kier alpha value is -0.780. The topological polar surface area (TPSA) is 33.7 Å². The maximum absolute atomic E-state index is 5.55. The van der Waals surface area contributed by atoms with Crippen molar-refractivity contribution in [2.45, 2.75) is 13.5 Å². The maximum atomic E-state index is 5.55. The molecule has 19 heavy (non-hydrogen) atoms. The fourth-order valence-corrected chi connectivity index (χ4v) is 3.40. The van der Waals surface area contributed by atoms with E-state index in [0.717, 1.165) is 54.3 Å². The molecule has 0 bridgehead atoms. The smallest absolute Gasteiger partial charge is 0.141 e. The van der Waals surface area contributed by atoms with Crippen LogP contribution < -0.4 is 14.8 Å². The van der Waals surface area contributed by atoms with Crippen molar-refractivity contribution in [2.24, 2.45) is 0 Å². The Morgan fingerprint density at radius 3 is 2.42 bits per heavy atom. The highest BCUT2D eigenvalue weighted by Crippen LogP contribution is 2.40. The number of benzene rings is 1. The van der Waals surface area contributed by atoms with Crippen LogP contribution in [0.15, 0.2) is 10.5 Å². The Balaban J connectivity index is 2.28. The van der Waals surface area contributed by atoms with E-state index in [1.807, 2.05) is 0 Å². The summed E-state index contributed by atoms with van der Waals surface area (Å²) in [4.78, 5) is 2.44. The van der Waals surface area contributed by atoms with Crippen molar-refractivity contribution in [2.75, 3.05) is 40.4 Å². The van der Waals surface area contributed by atoms with Crippen LogP contribution in [0.1, 0.15) is 11.1 Å². The van der Waals surface area contributed by atoms with Gasteiger partial charge in [0.25, 0.3) is 0 Å². The fraction of sp³-hybridized carbons (Fsp3) is 0.571. The quantitative estimate of drug-likeness (QED) is 0.918. The molecule has 0 atom stereocenters. The van der Waals surface area contributed by atoms with Crippen molar-refractivity contribution in [3.05, 3.63) is 21.7 Å². The summed E-state index contributed by atoms with van der Waals surface area (Å²) in [6.07, 6.45) is 0. The zero-order chi connectivity index (χ0) is 13.8. The van der Waals surface area contributed by atoms with Gasteiger partial charge in [-0.05, 0) is 34.5 Å². The molecule has 0 aliphatic carbocycles. The van der Waals surface area contributed by atoms with E-state index >= 15 is 0 Å². The number of rotatable bonds is 4. The van der Waals surface area contributed by atoms with Crippen LogP contribution in [0.4, 0.5) is 0 Å². The van der Waals surface area contributed by atoms with Crippen LogP contribution in [0.5, 0.6) is 11.5 Å². The molecule has 2 rings (SSSR count). The predicted molar refractivity (Wildman–Crippen MR) is 80.1 cm³/mol. The van der Waals surface area contributed by atoms with E-state index < -0.39 is 0 Å². The largest absolute Gasteiger partial charge is 0.495 e. The lowest BCUT2D eigenvalue weighted by molar-refractivity contribution is 0.229. The highest BCUT2D eigenvalue weighted by atomic mass is 79.9. The monoisotopic (exact) mass is 328 g/mol. The van der Waals surface area contributed by atoms with Gasteiger partial charge in [0, 0.05) is 38.3 Å². The minimum absolute atomic E-state index is 0.848. The molecule has 106 valence electrons. The van der Waals surface area contributed by atoms with E-state index in [1.54, 1.807) is 14.2 Å². The molecule has 4 nitrogen and oxygen atoms in total. The third-order valence-corrected chi connectivity index (χ3v) is 4.17. The van der Waals surface area contributed by atoms with Crippen molar-refractivity contribution in [3.63, 3.8) is 0 Å². The zero-order valence-corrected chi connectivity index (χ0v) is 13.3. The first-order valence-electron chi connectivity index (χ1n) is 6.50. The summed E-state index contributed by atoms with van der Waals surface area (Å²) in [5.74, 6) is 1.72. The maximum Gasteiger partial charge on any atom is 0.141 e. The lowest BCUT2D eigenvalue weighted by Crippen LogP contribution is -2.42. The van der Waals surface area contributed by atoms with Gasteiger partial charge in [-0.2, -0.15) is 0 Å². The molecule has 1 N–H and O–H groups in total. The van der Waals surface area contributed by atoms with Crippen LogP contribution in [-0.4, -0.2) is 45.3 Å². The molecule has 5 heteroatoms. The van der Waals surface area contributed by atoms with Gasteiger partial charge in [-0.3, -0.25) is 4.90 Å². The lowest BCUT2D eigenvalue weighted by Gasteiger charge is -2.28. The summed E-state index contributed by atoms with van der Waals surface area (Å²) in [6.45, 7) is 7.23. The van der Waals surface area contributed by atoms with Crippen molar-refractivity contribution < 1.29 is 9.47 Å². The standard InChI is InChI=1S/C14H21BrN2O2/c1-10-8-11(9-17-6-4-16-5-7-17)14(19-3)12(15)13(10)18-2/h8,16H,4-7,9H2,1-3H3. The van der Waals surface area contributed by atoms with E-state index in [9.17, 15) is 0 Å². The Morgan fingerprint density at radius 2 is 1.84 bits per heavy atom. The average Bonchev–Trinajstić information content (AvgIpc) is 2.40. The molecule has 0 aromatic heterocycles. The number of hydrogen-bond donors (Lipinski definition) is 1. The molecule has 1 heterocycles. The van der Waals surface area contributed by atoms with Crippen molar-refractivity contribution >= 4 is 15.9 Å². The minimum Gasteiger partial charge on any atom is -0.495 e. The van der Waals surface area contributed by atoms with Crippen LogP contribution in [0.2, 0.25) is 0 Å². The second kappa shape index (κ2) is 6.59. The first-order chi connectivity index (χ1) is 9.17. The minimum atomic E-state index is 0.848. The summed E-state index contributed by atoms with van der Waals surface area (Å²) in [6, 6.07) is 2.16. The number of ether oxygens (including phenoxy) is 2. The number of nitrogens with zero attached hydrogens (tertiary/aromatic N) is 1. The molecule has 0 radical (unpaired) electrons. The molecule has 1 fully saturated rings. The number of nitrogens with one attached hydrogen (secondary N) is 1. The van der Waals surface area contributed by atoms with Gasteiger partial charge < -0.3 is 14.8 Å². The molecule has 0 saturated carbocycles. The molecule has 1 aromatic carbocycles. The molecule has 1 aliphatic rings. The number of methoxy groups -OCH3 is 2. The van der Waals surface area contributed by atoms with Gasteiger partial charge in [0.05, 0.1) is 14.2 Å². The fourth-order valence-electron chi connectivity index (χ4n) is 2.51. The first-order valence-corrected chi connectivity index (χ1v) is 7.29. The van der Waals surface area contributed by atoms with Crippen LogP contribution in [-0.2, 0) is 6.54 Å². The third kappa shape index (κ3) is 3.22. The van der Waals surface area contributed by atoms with Gasteiger partial charge in [-0.1, -0.05) is 0 Å². The third-order valence-electron chi connectivity index (χ3n) is 3.45. The molecule has 0 unspecified atom stereocenters. The van der Waals surface area contributed by atoms with Crippen molar-refractivity contribution in [1.82, 2.24) is 10.2 Å². The van der Waals surface area contributed by atoms with Gasteiger partial charge in [0.15, 0.2) is 0 Å². The second-order valence-electron chi connectivity index (χ2n) is 4.76. The van der Waals surface area contributed by atoms with Crippen molar-refractivity contribution in [1.29, 1.82) is 0 Å². The van der Waals surface area contributed by atoms with E-state index in [1.165, 1.54) is 5.56 Å².